The molecule has 0 aromatic carbocycles. The highest BCUT2D eigenvalue weighted by Gasteiger charge is 2.28. The monoisotopic (exact) mass is 269 g/mol. The van der Waals surface area contributed by atoms with Crippen molar-refractivity contribution in [2.75, 3.05) is 13.2 Å². The first-order chi connectivity index (χ1) is 9.12. The molecule has 0 atom stereocenters. The van der Waals surface area contributed by atoms with Gasteiger partial charge in [0.05, 0.1) is 6.61 Å². The molecule has 4 heteroatoms. The average molecular weight is 269 g/mol. The van der Waals surface area contributed by atoms with E-state index in [1.165, 1.54) is 0 Å². The van der Waals surface area contributed by atoms with Crippen LogP contribution in [0.4, 0.5) is 0 Å². The fourth-order valence-electron chi connectivity index (χ4n) is 2.96. The van der Waals surface area contributed by atoms with E-state index in [0.29, 0.717) is 31.4 Å². The fraction of sp³-hybridized carbons (Fsp3) is 0.867. The SMILES string of the molecule is CCOC(=O)CC1CCC(N(CC)C(=O)CC)CC1. The highest BCUT2D eigenvalue weighted by molar-refractivity contribution is 5.76. The lowest BCUT2D eigenvalue weighted by atomic mass is 9.83. The maximum Gasteiger partial charge on any atom is 0.306 e. The molecule has 0 saturated heterocycles. The van der Waals surface area contributed by atoms with E-state index in [9.17, 15) is 9.59 Å². The predicted octanol–water partition coefficient (Wildman–Crippen LogP) is 2.76. The van der Waals surface area contributed by atoms with Gasteiger partial charge in [0.1, 0.15) is 0 Å². The molecule has 0 heterocycles. The van der Waals surface area contributed by atoms with Crippen LogP contribution in [-0.4, -0.2) is 36.0 Å². The Morgan fingerprint density at radius 3 is 2.21 bits per heavy atom. The maximum atomic E-state index is 11.8. The third-order valence-corrected chi connectivity index (χ3v) is 3.98. The van der Waals surface area contributed by atoms with Crippen molar-refractivity contribution in [3.8, 4) is 0 Å². The molecule has 0 radical (unpaired) electrons. The molecule has 0 bridgehead atoms. The molecule has 0 unspecified atom stereocenters. The summed E-state index contributed by atoms with van der Waals surface area (Å²) in [5.41, 5.74) is 0. The smallest absolute Gasteiger partial charge is 0.306 e. The van der Waals surface area contributed by atoms with E-state index in [1.54, 1.807) is 0 Å². The van der Waals surface area contributed by atoms with Crippen molar-refractivity contribution in [2.24, 2.45) is 5.92 Å². The number of rotatable bonds is 6. The Hall–Kier alpha value is -1.06. The van der Waals surface area contributed by atoms with E-state index in [2.05, 4.69) is 0 Å². The molecule has 1 fully saturated rings. The van der Waals surface area contributed by atoms with Crippen LogP contribution < -0.4 is 0 Å². The van der Waals surface area contributed by atoms with Crippen molar-refractivity contribution in [3.05, 3.63) is 0 Å². The van der Waals surface area contributed by atoms with Gasteiger partial charge in [-0.05, 0) is 45.4 Å². The summed E-state index contributed by atoms with van der Waals surface area (Å²) < 4.78 is 4.99. The molecule has 0 spiro atoms. The minimum atomic E-state index is -0.0806. The minimum Gasteiger partial charge on any atom is -0.466 e. The van der Waals surface area contributed by atoms with Crippen LogP contribution in [0.15, 0.2) is 0 Å². The summed E-state index contributed by atoms with van der Waals surface area (Å²) >= 11 is 0. The summed E-state index contributed by atoms with van der Waals surface area (Å²) in [6.07, 6.45) is 5.20. The Balaban J connectivity index is 2.39. The Morgan fingerprint density at radius 1 is 1.11 bits per heavy atom. The van der Waals surface area contributed by atoms with Crippen LogP contribution in [0.5, 0.6) is 0 Å². The van der Waals surface area contributed by atoms with Gasteiger partial charge < -0.3 is 9.64 Å². The molecule has 0 aromatic heterocycles. The van der Waals surface area contributed by atoms with Gasteiger partial charge in [-0.3, -0.25) is 9.59 Å². The zero-order valence-electron chi connectivity index (χ0n) is 12.5. The molecule has 0 N–H and O–H groups in total. The molecule has 19 heavy (non-hydrogen) atoms. The fourth-order valence-corrected chi connectivity index (χ4v) is 2.96. The molecular weight excluding hydrogens is 242 g/mol. The zero-order valence-corrected chi connectivity index (χ0v) is 12.5. The first-order valence-electron chi connectivity index (χ1n) is 7.57. The number of hydrogen-bond donors (Lipinski definition) is 0. The molecule has 1 amide bonds. The summed E-state index contributed by atoms with van der Waals surface area (Å²) in [6.45, 7) is 7.04. The highest BCUT2D eigenvalue weighted by Crippen LogP contribution is 2.30. The quantitative estimate of drug-likeness (QED) is 0.697. The second-order valence-electron chi connectivity index (χ2n) is 5.22. The normalized spacial score (nSPS) is 22.9. The Kier molecular flexibility index (Phi) is 6.89. The lowest BCUT2D eigenvalue weighted by Gasteiger charge is -2.36. The van der Waals surface area contributed by atoms with E-state index >= 15 is 0 Å². The molecule has 110 valence electrons. The Bertz CT molecular complexity index is 296. The zero-order chi connectivity index (χ0) is 14.3. The van der Waals surface area contributed by atoms with Crippen molar-refractivity contribution >= 4 is 11.9 Å². The van der Waals surface area contributed by atoms with E-state index < -0.39 is 0 Å². The van der Waals surface area contributed by atoms with Gasteiger partial charge in [0.15, 0.2) is 0 Å². The highest BCUT2D eigenvalue weighted by atomic mass is 16.5. The second-order valence-corrected chi connectivity index (χ2v) is 5.22. The number of carbonyl (C=O) groups is 2. The topological polar surface area (TPSA) is 46.6 Å². The van der Waals surface area contributed by atoms with Crippen molar-refractivity contribution in [1.82, 2.24) is 4.90 Å². The maximum absolute atomic E-state index is 11.8. The van der Waals surface area contributed by atoms with Crippen LogP contribution >= 0.6 is 0 Å². The van der Waals surface area contributed by atoms with Crippen molar-refractivity contribution < 1.29 is 14.3 Å². The molecule has 0 aromatic rings. The molecule has 4 nitrogen and oxygen atoms in total. The van der Waals surface area contributed by atoms with Gasteiger partial charge >= 0.3 is 5.97 Å². The summed E-state index contributed by atoms with van der Waals surface area (Å²) in [4.78, 5) is 25.3. The van der Waals surface area contributed by atoms with E-state index in [-0.39, 0.29) is 11.9 Å². The van der Waals surface area contributed by atoms with E-state index in [1.807, 2.05) is 25.7 Å². The van der Waals surface area contributed by atoms with E-state index in [0.717, 1.165) is 32.2 Å². The summed E-state index contributed by atoms with van der Waals surface area (Å²) in [6, 6.07) is 0.371. The number of carbonyl (C=O) groups excluding carboxylic acids is 2. The second kappa shape index (κ2) is 8.18. The summed E-state index contributed by atoms with van der Waals surface area (Å²) in [7, 11) is 0. The summed E-state index contributed by atoms with van der Waals surface area (Å²) in [5.74, 6) is 0.602. The third-order valence-electron chi connectivity index (χ3n) is 3.98. The van der Waals surface area contributed by atoms with Crippen LogP contribution in [0, 0.1) is 5.92 Å². The third kappa shape index (κ3) is 4.84. The Morgan fingerprint density at radius 2 is 1.74 bits per heavy atom. The van der Waals surface area contributed by atoms with Gasteiger partial charge in [0, 0.05) is 25.4 Å². The van der Waals surface area contributed by atoms with Gasteiger partial charge in [-0.1, -0.05) is 6.92 Å². The largest absolute Gasteiger partial charge is 0.466 e. The van der Waals surface area contributed by atoms with Crippen molar-refractivity contribution in [1.29, 1.82) is 0 Å². The first kappa shape index (κ1) is 16.0. The Labute approximate surface area is 116 Å². The summed E-state index contributed by atoms with van der Waals surface area (Å²) in [5, 5.41) is 0. The lowest BCUT2D eigenvalue weighted by molar-refractivity contribution is -0.145. The first-order valence-corrected chi connectivity index (χ1v) is 7.57. The number of esters is 1. The van der Waals surface area contributed by atoms with Crippen LogP contribution in [0.3, 0.4) is 0 Å². The molecule has 1 aliphatic rings. The molecule has 0 aliphatic heterocycles. The van der Waals surface area contributed by atoms with Gasteiger partial charge in [-0.25, -0.2) is 0 Å². The van der Waals surface area contributed by atoms with Gasteiger partial charge in [-0.15, -0.1) is 0 Å². The van der Waals surface area contributed by atoms with Crippen LogP contribution in [0.1, 0.15) is 59.3 Å². The lowest BCUT2D eigenvalue weighted by Crippen LogP contribution is -2.42. The van der Waals surface area contributed by atoms with Crippen molar-refractivity contribution in [2.45, 2.75) is 65.3 Å². The van der Waals surface area contributed by atoms with Crippen LogP contribution in [0.25, 0.3) is 0 Å². The number of hydrogen-bond acceptors (Lipinski definition) is 3. The number of ether oxygens (including phenoxy) is 1. The van der Waals surface area contributed by atoms with Gasteiger partial charge in [0.25, 0.3) is 0 Å². The minimum absolute atomic E-state index is 0.0806. The van der Waals surface area contributed by atoms with Crippen LogP contribution in [0.2, 0.25) is 0 Å². The molecule has 1 rings (SSSR count). The molecule has 1 aliphatic carbocycles. The van der Waals surface area contributed by atoms with Gasteiger partial charge in [-0.2, -0.15) is 0 Å². The molecular formula is C15H27NO3. The van der Waals surface area contributed by atoms with Crippen LogP contribution in [-0.2, 0) is 14.3 Å². The van der Waals surface area contributed by atoms with Crippen molar-refractivity contribution in [3.63, 3.8) is 0 Å². The van der Waals surface area contributed by atoms with E-state index in [4.69, 9.17) is 4.74 Å². The standard InChI is InChI=1S/C15H27NO3/c1-4-14(17)16(5-2)13-9-7-12(8-10-13)11-15(18)19-6-3/h12-13H,4-11H2,1-3H3. The average Bonchev–Trinajstić information content (AvgIpc) is 2.41. The molecule has 1 saturated carbocycles. The predicted molar refractivity (Wildman–Crippen MR) is 74.7 cm³/mol. The number of amides is 1. The van der Waals surface area contributed by atoms with Gasteiger partial charge in [0.2, 0.25) is 5.91 Å². The number of nitrogens with zero attached hydrogens (tertiary/aromatic N) is 1.